The van der Waals surface area contributed by atoms with Crippen molar-refractivity contribution in [3.8, 4) is 0 Å². The van der Waals surface area contributed by atoms with Gasteiger partial charge < -0.3 is 0 Å². The zero-order valence-electron chi connectivity index (χ0n) is 3.75. The molecule has 1 aliphatic rings. The number of rotatable bonds is 0. The Hall–Kier alpha value is -0.460. The highest BCUT2D eigenvalue weighted by atomic mass is 32.2. The molecule has 1 saturated heterocycles. The van der Waals surface area contributed by atoms with E-state index in [0.29, 0.717) is 0 Å². The summed E-state index contributed by atoms with van der Waals surface area (Å²) in [6, 6.07) is 0. The van der Waals surface area contributed by atoms with Gasteiger partial charge in [0.15, 0.2) is 0 Å². The molecular weight excluding hydrogens is 134 g/mol. The normalized spacial score (nSPS) is 26.2. The van der Waals surface area contributed by atoms with Crippen molar-refractivity contribution in [2.24, 2.45) is 0 Å². The van der Waals surface area contributed by atoms with Crippen molar-refractivity contribution < 1.29 is 18.0 Å². The van der Waals surface area contributed by atoms with Crippen LogP contribution in [0.15, 0.2) is 0 Å². The zero-order valence-corrected chi connectivity index (χ0v) is 4.56. The van der Waals surface area contributed by atoms with Crippen molar-refractivity contribution in [1.82, 2.24) is 4.89 Å². The molecule has 0 saturated carbocycles. The fourth-order valence-electron chi connectivity index (χ4n) is 0.290. The highest BCUT2D eigenvalue weighted by Crippen LogP contribution is 1.94. The van der Waals surface area contributed by atoms with Crippen molar-refractivity contribution in [2.75, 3.05) is 6.61 Å². The van der Waals surface area contributed by atoms with Crippen LogP contribution >= 0.6 is 0 Å². The third kappa shape index (κ3) is 0.726. The van der Waals surface area contributed by atoms with Gasteiger partial charge in [0.1, 0.15) is 6.61 Å². The molecule has 0 amide bonds. The van der Waals surface area contributed by atoms with Gasteiger partial charge >= 0.3 is 0 Å². The summed E-state index contributed by atoms with van der Waals surface area (Å²) in [5.41, 5.74) is 0. The van der Waals surface area contributed by atoms with Gasteiger partial charge in [-0.15, -0.1) is 0 Å². The summed E-state index contributed by atoms with van der Waals surface area (Å²) in [5, 5.41) is -0.919. The molecule has 5 nitrogen and oxygen atoms in total. The van der Waals surface area contributed by atoms with E-state index in [0.717, 1.165) is 0 Å². The van der Waals surface area contributed by atoms with Crippen molar-refractivity contribution in [2.45, 2.75) is 0 Å². The van der Waals surface area contributed by atoms with Gasteiger partial charge in [-0.2, -0.15) is 0 Å². The number of hydrogen-bond acceptors (Lipinski definition) is 4. The Morgan fingerprint density at radius 3 is 2.38 bits per heavy atom. The summed E-state index contributed by atoms with van der Waals surface area (Å²) in [6.07, 6.45) is 0. The number of sulfonamides is 1. The smallest absolute Gasteiger partial charge is 0.278 e. The average Bonchev–Trinajstić information content (AvgIpc) is 1.86. The van der Waals surface area contributed by atoms with Crippen molar-refractivity contribution in [1.29, 1.82) is 0 Å². The summed E-state index contributed by atoms with van der Waals surface area (Å²) >= 11 is 0. The Labute approximate surface area is 45.6 Å². The predicted octanol–water partition coefficient (Wildman–Crippen LogP) is -1.62. The first kappa shape index (κ1) is 5.67. The van der Waals surface area contributed by atoms with Gasteiger partial charge in [0, 0.05) is 0 Å². The van der Waals surface area contributed by atoms with E-state index in [9.17, 15) is 13.2 Å². The molecule has 0 aromatic heterocycles. The maximum atomic E-state index is 10.2. The van der Waals surface area contributed by atoms with Crippen LogP contribution in [0, 0.1) is 0 Å². The van der Waals surface area contributed by atoms with Gasteiger partial charge in [-0.25, -0.2) is 8.42 Å². The summed E-state index contributed by atoms with van der Waals surface area (Å²) in [5.74, 6) is 0. The van der Waals surface area contributed by atoms with Gasteiger partial charge in [-0.3, -0.25) is 9.63 Å². The summed E-state index contributed by atoms with van der Waals surface area (Å²) in [6.45, 7) is -0.387. The molecule has 1 aliphatic heterocycles. The van der Waals surface area contributed by atoms with Gasteiger partial charge in [0.2, 0.25) is 0 Å². The van der Waals surface area contributed by atoms with Crippen LogP contribution in [0.5, 0.6) is 0 Å². The van der Waals surface area contributed by atoms with Crippen LogP contribution in [0.25, 0.3) is 0 Å². The first-order valence-corrected chi connectivity index (χ1v) is 3.28. The fourth-order valence-corrected chi connectivity index (χ4v) is 0.811. The lowest BCUT2D eigenvalue weighted by atomic mass is 10.8. The van der Waals surface area contributed by atoms with E-state index in [-0.39, 0.29) is 6.61 Å². The molecule has 6 heteroatoms. The number of nitrogens with one attached hydrogen (secondary N) is 1. The van der Waals surface area contributed by atoms with E-state index in [1.54, 1.807) is 4.89 Å². The minimum absolute atomic E-state index is 0.387. The van der Waals surface area contributed by atoms with E-state index in [1.807, 2.05) is 0 Å². The SMILES string of the molecule is O=C1CONS1(=O)=O. The summed E-state index contributed by atoms with van der Waals surface area (Å²) in [7, 11) is -3.74. The molecule has 1 rings (SSSR count). The minimum atomic E-state index is -3.74. The van der Waals surface area contributed by atoms with Crippen molar-refractivity contribution >= 4 is 15.1 Å². The molecule has 46 valence electrons. The Morgan fingerprint density at radius 2 is 2.25 bits per heavy atom. The fraction of sp³-hybridized carbons (Fsp3) is 0.500. The third-order valence-electron chi connectivity index (χ3n) is 0.658. The molecule has 0 radical (unpaired) electrons. The predicted molar refractivity (Wildman–Crippen MR) is 23.0 cm³/mol. The van der Waals surface area contributed by atoms with E-state index in [1.165, 1.54) is 0 Å². The monoisotopic (exact) mass is 137 g/mol. The molecule has 0 atom stereocenters. The van der Waals surface area contributed by atoms with E-state index in [4.69, 9.17) is 0 Å². The number of carbonyl (C=O) groups excluding carboxylic acids is 1. The van der Waals surface area contributed by atoms with Gasteiger partial charge in [-0.1, -0.05) is 4.89 Å². The second kappa shape index (κ2) is 1.51. The molecule has 0 unspecified atom stereocenters. The van der Waals surface area contributed by atoms with Crippen LogP contribution in [0.3, 0.4) is 0 Å². The first-order valence-electron chi connectivity index (χ1n) is 1.79. The van der Waals surface area contributed by atoms with E-state index in [2.05, 4.69) is 4.84 Å². The molecule has 8 heavy (non-hydrogen) atoms. The molecule has 0 aliphatic carbocycles. The lowest BCUT2D eigenvalue weighted by Crippen LogP contribution is -2.18. The topological polar surface area (TPSA) is 72.5 Å². The van der Waals surface area contributed by atoms with Crippen LogP contribution in [0.1, 0.15) is 0 Å². The van der Waals surface area contributed by atoms with Crippen LogP contribution in [-0.2, 0) is 19.7 Å². The lowest BCUT2D eigenvalue weighted by molar-refractivity contribution is -0.113. The standard InChI is InChI=1S/C2H3NO4S/c4-2-1-7-3-8(2,5)6/h3H,1H2. The Bertz CT molecular complexity index is 204. The maximum absolute atomic E-state index is 10.2. The third-order valence-corrected chi connectivity index (χ3v) is 1.71. The van der Waals surface area contributed by atoms with Gasteiger partial charge in [0.05, 0.1) is 0 Å². The van der Waals surface area contributed by atoms with Crippen LogP contribution in [-0.4, -0.2) is 20.1 Å². The lowest BCUT2D eigenvalue weighted by Gasteiger charge is -1.81. The highest BCUT2D eigenvalue weighted by molar-refractivity contribution is 8.04. The zero-order chi connectivity index (χ0) is 6.20. The molecule has 1 heterocycles. The average molecular weight is 137 g/mol. The quantitative estimate of drug-likeness (QED) is 0.435. The summed E-state index contributed by atoms with van der Waals surface area (Å²) < 4.78 is 20.4. The number of hydrogen-bond donors (Lipinski definition) is 1. The highest BCUT2D eigenvalue weighted by Gasteiger charge is 2.28. The molecule has 1 N–H and O–H groups in total. The van der Waals surface area contributed by atoms with E-state index >= 15 is 0 Å². The summed E-state index contributed by atoms with van der Waals surface area (Å²) in [4.78, 5) is 15.8. The maximum Gasteiger partial charge on any atom is 0.298 e. The largest absolute Gasteiger partial charge is 0.298 e. The van der Waals surface area contributed by atoms with Gasteiger partial charge in [0.25, 0.3) is 15.1 Å². The van der Waals surface area contributed by atoms with Crippen molar-refractivity contribution in [3.63, 3.8) is 0 Å². The Morgan fingerprint density at radius 1 is 1.62 bits per heavy atom. The Kier molecular flexibility index (Phi) is 1.07. The molecule has 1 fully saturated rings. The second-order valence-corrected chi connectivity index (χ2v) is 2.88. The van der Waals surface area contributed by atoms with Gasteiger partial charge in [-0.05, 0) is 0 Å². The molecule has 0 bridgehead atoms. The molecule has 0 aromatic rings. The number of carbonyl (C=O) groups is 1. The minimum Gasteiger partial charge on any atom is -0.278 e. The molecule has 0 aromatic carbocycles. The van der Waals surface area contributed by atoms with Crippen molar-refractivity contribution in [3.05, 3.63) is 0 Å². The molecular formula is C2H3NO4S. The second-order valence-electron chi connectivity index (χ2n) is 1.25. The first-order chi connectivity index (χ1) is 3.63. The van der Waals surface area contributed by atoms with Crippen LogP contribution in [0.2, 0.25) is 0 Å². The van der Waals surface area contributed by atoms with E-state index < -0.39 is 15.1 Å². The Balaban J connectivity index is 3.02. The van der Waals surface area contributed by atoms with Crippen LogP contribution < -0.4 is 4.89 Å². The van der Waals surface area contributed by atoms with Crippen LogP contribution in [0.4, 0.5) is 0 Å². The molecule has 0 spiro atoms.